The fraction of sp³-hybridized carbons (Fsp3) is 0.647. The molecule has 1 aliphatic heterocycles. The molecule has 1 N–H and O–H groups in total. The smallest absolute Gasteiger partial charge is 0.0587 e. The first kappa shape index (κ1) is 14.5. The minimum atomic E-state index is 0.301. The second kappa shape index (κ2) is 7.66. The van der Waals surface area contributed by atoms with Crippen molar-refractivity contribution in [1.29, 1.82) is 0 Å². The molecule has 0 radical (unpaired) electrons. The third-order valence-corrected chi connectivity index (χ3v) is 4.30. The van der Waals surface area contributed by atoms with Gasteiger partial charge in [-0.25, -0.2) is 0 Å². The topological polar surface area (TPSA) is 23.5 Å². The molecule has 0 aromatic heterocycles. The molecule has 1 aromatic carbocycles. The van der Waals surface area contributed by atoms with E-state index >= 15 is 0 Å². The second-order valence-corrected chi connectivity index (χ2v) is 5.64. The highest BCUT2D eigenvalue weighted by molar-refractivity contribution is 5.19. The fourth-order valence-corrected chi connectivity index (χ4v) is 3.23. The lowest BCUT2D eigenvalue weighted by Gasteiger charge is -2.41. The second-order valence-electron chi connectivity index (χ2n) is 5.64. The van der Waals surface area contributed by atoms with E-state index in [4.69, 9.17) is 0 Å². The molecular formula is C17H27NO. The van der Waals surface area contributed by atoms with E-state index in [2.05, 4.69) is 42.2 Å². The lowest BCUT2D eigenvalue weighted by atomic mass is 9.93. The molecule has 1 heterocycles. The maximum Gasteiger partial charge on any atom is 0.0587 e. The fourth-order valence-electron chi connectivity index (χ4n) is 3.23. The number of hydrogen-bond donors (Lipinski definition) is 1. The van der Waals surface area contributed by atoms with E-state index in [-0.39, 0.29) is 0 Å². The maximum absolute atomic E-state index is 9.64. The van der Waals surface area contributed by atoms with Crippen LogP contribution in [0.25, 0.3) is 0 Å². The molecule has 2 nitrogen and oxygen atoms in total. The van der Waals surface area contributed by atoms with Gasteiger partial charge in [0.25, 0.3) is 0 Å². The van der Waals surface area contributed by atoms with Crippen LogP contribution in [0, 0.1) is 0 Å². The first-order valence-electron chi connectivity index (χ1n) is 7.78. The summed E-state index contributed by atoms with van der Waals surface area (Å²) in [5.74, 6) is 0. The van der Waals surface area contributed by atoms with Gasteiger partial charge >= 0.3 is 0 Å². The summed E-state index contributed by atoms with van der Waals surface area (Å²) in [4.78, 5) is 2.55. The van der Waals surface area contributed by atoms with E-state index in [0.29, 0.717) is 18.7 Å². The van der Waals surface area contributed by atoms with Gasteiger partial charge in [0.15, 0.2) is 0 Å². The first-order chi connectivity index (χ1) is 9.36. The lowest BCUT2D eigenvalue weighted by Crippen LogP contribution is -2.44. The standard InChI is InChI=1S/C17H27NO/c1-2-3-12-17(15-9-5-4-6-10-15)18-13-8-7-11-16(18)14-19/h4-6,9-10,16-17,19H,2-3,7-8,11-14H2,1H3/t16-,17-/m0/s1. The molecule has 0 unspecified atom stereocenters. The Morgan fingerprint density at radius 3 is 2.74 bits per heavy atom. The zero-order chi connectivity index (χ0) is 13.5. The normalized spacial score (nSPS) is 22.3. The van der Waals surface area contributed by atoms with Crippen LogP contribution in [0.15, 0.2) is 30.3 Å². The average Bonchev–Trinajstić information content (AvgIpc) is 2.49. The third kappa shape index (κ3) is 3.80. The van der Waals surface area contributed by atoms with Crippen molar-refractivity contribution in [2.24, 2.45) is 0 Å². The Kier molecular flexibility index (Phi) is 5.87. The highest BCUT2D eigenvalue weighted by Gasteiger charge is 2.28. The molecule has 1 aromatic rings. The molecule has 19 heavy (non-hydrogen) atoms. The van der Waals surface area contributed by atoms with E-state index in [9.17, 15) is 5.11 Å². The molecule has 0 amide bonds. The van der Waals surface area contributed by atoms with E-state index < -0.39 is 0 Å². The van der Waals surface area contributed by atoms with Gasteiger partial charge in [0.2, 0.25) is 0 Å². The quantitative estimate of drug-likeness (QED) is 0.842. The average molecular weight is 261 g/mol. The predicted molar refractivity (Wildman–Crippen MR) is 80.1 cm³/mol. The van der Waals surface area contributed by atoms with Crippen LogP contribution in [-0.2, 0) is 0 Å². The number of rotatable bonds is 6. The van der Waals surface area contributed by atoms with Crippen LogP contribution in [0.2, 0.25) is 0 Å². The number of benzene rings is 1. The van der Waals surface area contributed by atoms with Gasteiger partial charge in [-0.2, -0.15) is 0 Å². The molecule has 0 aliphatic carbocycles. The molecule has 2 heteroatoms. The van der Waals surface area contributed by atoms with Gasteiger partial charge in [-0.05, 0) is 31.4 Å². The third-order valence-electron chi connectivity index (χ3n) is 4.30. The number of unbranched alkanes of at least 4 members (excludes halogenated alkanes) is 1. The van der Waals surface area contributed by atoms with E-state index in [1.165, 1.54) is 37.7 Å². The van der Waals surface area contributed by atoms with E-state index in [1.807, 2.05) is 0 Å². The van der Waals surface area contributed by atoms with Crippen LogP contribution >= 0.6 is 0 Å². The largest absolute Gasteiger partial charge is 0.395 e. The summed E-state index contributed by atoms with van der Waals surface area (Å²) in [7, 11) is 0. The van der Waals surface area contributed by atoms with E-state index in [1.54, 1.807) is 0 Å². The molecule has 0 spiro atoms. The van der Waals surface area contributed by atoms with Gasteiger partial charge in [0, 0.05) is 12.1 Å². The molecule has 1 aliphatic rings. The molecule has 0 bridgehead atoms. The number of piperidine rings is 1. The van der Waals surface area contributed by atoms with Crippen LogP contribution in [0.5, 0.6) is 0 Å². The Morgan fingerprint density at radius 2 is 2.05 bits per heavy atom. The first-order valence-corrected chi connectivity index (χ1v) is 7.78. The number of aliphatic hydroxyl groups is 1. The maximum atomic E-state index is 9.64. The highest BCUT2D eigenvalue weighted by atomic mass is 16.3. The van der Waals surface area contributed by atoms with Gasteiger partial charge in [0.05, 0.1) is 6.61 Å². The van der Waals surface area contributed by atoms with Crippen molar-refractivity contribution < 1.29 is 5.11 Å². The van der Waals surface area contributed by atoms with Crippen molar-refractivity contribution >= 4 is 0 Å². The molecule has 0 saturated carbocycles. The summed E-state index contributed by atoms with van der Waals surface area (Å²) >= 11 is 0. The van der Waals surface area contributed by atoms with Crippen LogP contribution in [0.1, 0.15) is 57.1 Å². The summed E-state index contributed by atoms with van der Waals surface area (Å²) in [5.41, 5.74) is 1.41. The molecule has 1 fully saturated rings. The van der Waals surface area contributed by atoms with Crippen molar-refractivity contribution in [2.45, 2.75) is 57.5 Å². The Labute approximate surface area is 117 Å². The Hall–Kier alpha value is -0.860. The van der Waals surface area contributed by atoms with Crippen molar-refractivity contribution in [3.05, 3.63) is 35.9 Å². The van der Waals surface area contributed by atoms with Crippen molar-refractivity contribution in [3.63, 3.8) is 0 Å². The molecule has 106 valence electrons. The van der Waals surface area contributed by atoms with Crippen molar-refractivity contribution in [1.82, 2.24) is 4.90 Å². The zero-order valence-electron chi connectivity index (χ0n) is 12.1. The Bertz CT molecular complexity index is 352. The summed E-state index contributed by atoms with van der Waals surface area (Å²) in [6.45, 7) is 3.69. The SMILES string of the molecule is CCCC[C@@H](c1ccccc1)N1CCCC[C@H]1CO. The predicted octanol–water partition coefficient (Wildman–Crippen LogP) is 3.76. The zero-order valence-corrected chi connectivity index (χ0v) is 12.1. The van der Waals surface area contributed by atoms with Gasteiger partial charge < -0.3 is 5.11 Å². The summed E-state index contributed by atoms with van der Waals surface area (Å²) in [5, 5.41) is 9.64. The van der Waals surface area contributed by atoms with Crippen LogP contribution in [-0.4, -0.2) is 29.2 Å². The number of likely N-dealkylation sites (tertiary alicyclic amines) is 1. The van der Waals surface area contributed by atoms with Crippen LogP contribution in [0.4, 0.5) is 0 Å². The Balaban J connectivity index is 2.16. The summed E-state index contributed by atoms with van der Waals surface area (Å²) in [6.07, 6.45) is 7.38. The van der Waals surface area contributed by atoms with Crippen molar-refractivity contribution in [2.75, 3.05) is 13.2 Å². The van der Waals surface area contributed by atoms with E-state index in [0.717, 1.165) is 13.0 Å². The molecular weight excluding hydrogens is 234 g/mol. The van der Waals surface area contributed by atoms with Crippen LogP contribution in [0.3, 0.4) is 0 Å². The minimum absolute atomic E-state index is 0.301. The summed E-state index contributed by atoms with van der Waals surface area (Å²) < 4.78 is 0. The number of aliphatic hydroxyl groups excluding tert-OH is 1. The van der Waals surface area contributed by atoms with Gasteiger partial charge in [0.1, 0.15) is 0 Å². The molecule has 1 saturated heterocycles. The van der Waals surface area contributed by atoms with Gasteiger partial charge in [-0.15, -0.1) is 0 Å². The van der Waals surface area contributed by atoms with Crippen LogP contribution < -0.4 is 0 Å². The Morgan fingerprint density at radius 1 is 1.26 bits per heavy atom. The minimum Gasteiger partial charge on any atom is -0.395 e. The van der Waals surface area contributed by atoms with Gasteiger partial charge in [-0.1, -0.05) is 56.5 Å². The molecule has 2 atom stereocenters. The lowest BCUT2D eigenvalue weighted by molar-refractivity contribution is 0.0481. The number of nitrogens with zero attached hydrogens (tertiary/aromatic N) is 1. The highest BCUT2D eigenvalue weighted by Crippen LogP contribution is 2.32. The van der Waals surface area contributed by atoms with Gasteiger partial charge in [-0.3, -0.25) is 4.90 Å². The summed E-state index contributed by atoms with van der Waals surface area (Å²) in [6, 6.07) is 11.7. The number of hydrogen-bond acceptors (Lipinski definition) is 2. The van der Waals surface area contributed by atoms with Crippen molar-refractivity contribution in [3.8, 4) is 0 Å². The monoisotopic (exact) mass is 261 g/mol. The molecule has 2 rings (SSSR count).